The fourth-order valence-electron chi connectivity index (χ4n) is 4.02. The Bertz CT molecular complexity index is 1060. The smallest absolute Gasteiger partial charge is 0.374 e. The summed E-state index contributed by atoms with van der Waals surface area (Å²) >= 11 is 0. The third-order valence-electron chi connectivity index (χ3n) is 5.48. The Morgan fingerprint density at radius 2 is 1.74 bits per heavy atom. The van der Waals surface area contributed by atoms with Gasteiger partial charge in [0.2, 0.25) is 15.8 Å². The molecule has 1 fully saturated rings. The summed E-state index contributed by atoms with van der Waals surface area (Å²) in [4.78, 5) is 24.5. The Morgan fingerprint density at radius 1 is 1.13 bits per heavy atom. The molecule has 1 aromatic carbocycles. The summed E-state index contributed by atoms with van der Waals surface area (Å²) in [6.07, 6.45) is 2.07. The van der Waals surface area contributed by atoms with E-state index in [1.807, 2.05) is 19.1 Å². The van der Waals surface area contributed by atoms with Gasteiger partial charge in [0.1, 0.15) is 6.61 Å². The number of esters is 2. The molecule has 0 spiro atoms. The van der Waals surface area contributed by atoms with E-state index in [-0.39, 0.29) is 25.5 Å². The molecule has 0 saturated carbocycles. The summed E-state index contributed by atoms with van der Waals surface area (Å²) in [5.74, 6) is -1.46. The van der Waals surface area contributed by atoms with Gasteiger partial charge in [0.05, 0.1) is 24.2 Å². The number of piperidine rings is 1. The summed E-state index contributed by atoms with van der Waals surface area (Å²) in [6, 6.07) is 5.27. The average molecular weight is 450 g/mol. The zero-order chi connectivity index (χ0) is 22.8. The van der Waals surface area contributed by atoms with Crippen molar-refractivity contribution in [3.63, 3.8) is 0 Å². The van der Waals surface area contributed by atoms with E-state index in [4.69, 9.17) is 9.15 Å². The van der Waals surface area contributed by atoms with Crippen LogP contribution < -0.4 is 0 Å². The summed E-state index contributed by atoms with van der Waals surface area (Å²) in [7, 11) is -2.40. The van der Waals surface area contributed by atoms with Crippen molar-refractivity contribution in [1.82, 2.24) is 4.31 Å². The molecule has 0 atom stereocenters. The molecule has 0 N–H and O–H groups in total. The van der Waals surface area contributed by atoms with Crippen molar-refractivity contribution in [1.29, 1.82) is 0 Å². The van der Waals surface area contributed by atoms with Gasteiger partial charge in [-0.1, -0.05) is 17.7 Å². The van der Waals surface area contributed by atoms with Crippen molar-refractivity contribution in [3.05, 3.63) is 52.5 Å². The molecule has 0 bridgehead atoms. The molecule has 0 radical (unpaired) electrons. The predicted octanol–water partition coefficient (Wildman–Crippen LogP) is 3.14. The van der Waals surface area contributed by atoms with Gasteiger partial charge < -0.3 is 13.9 Å². The number of methoxy groups -OCH3 is 1. The molecule has 168 valence electrons. The molecule has 0 aliphatic carbocycles. The normalized spacial score (nSPS) is 15.6. The van der Waals surface area contributed by atoms with Crippen molar-refractivity contribution >= 4 is 22.0 Å². The number of carbonyl (C=O) groups excluding carboxylic acids is 2. The van der Waals surface area contributed by atoms with Gasteiger partial charge in [0.25, 0.3) is 0 Å². The highest BCUT2D eigenvalue weighted by Gasteiger charge is 2.34. The number of ether oxygens (including phenoxy) is 2. The lowest BCUT2D eigenvalue weighted by molar-refractivity contribution is -0.151. The molecule has 2 heterocycles. The van der Waals surface area contributed by atoms with E-state index in [2.05, 4.69) is 4.74 Å². The van der Waals surface area contributed by atoms with Crippen LogP contribution in [0.15, 0.2) is 33.8 Å². The fraction of sp³-hybridized carbons (Fsp3) is 0.455. The molecule has 0 amide bonds. The van der Waals surface area contributed by atoms with Gasteiger partial charge >= 0.3 is 11.9 Å². The Balaban J connectivity index is 1.61. The topological polar surface area (TPSA) is 103 Å². The zero-order valence-corrected chi connectivity index (χ0v) is 19.0. The molecule has 3 rings (SSSR count). The van der Waals surface area contributed by atoms with Gasteiger partial charge in [-0.25, -0.2) is 13.2 Å². The van der Waals surface area contributed by atoms with Gasteiger partial charge in [-0.05, 0) is 50.8 Å². The summed E-state index contributed by atoms with van der Waals surface area (Å²) < 4.78 is 42.8. The molecular formula is C22H27NO7S. The lowest BCUT2D eigenvalue weighted by atomic mass is 9.98. The number of hydrogen-bond donors (Lipinski definition) is 0. The standard InChI is InChI=1S/C22H27NO7S/c1-14-11-15(2)20(16(3)12-14)31(26,27)23-8-5-17(6-9-23)21(24)30-13-18-7-10-29-19(18)22(25)28-4/h7,10-12,17H,5-6,8-9,13H2,1-4H3. The highest BCUT2D eigenvalue weighted by atomic mass is 32.2. The Morgan fingerprint density at radius 3 is 2.32 bits per heavy atom. The number of sulfonamides is 1. The largest absolute Gasteiger partial charge is 0.463 e. The predicted molar refractivity (Wildman–Crippen MR) is 112 cm³/mol. The van der Waals surface area contributed by atoms with Crippen LogP contribution in [-0.4, -0.2) is 44.9 Å². The number of aryl methyl sites for hydroxylation is 3. The quantitative estimate of drug-likeness (QED) is 0.624. The number of nitrogens with zero attached hydrogens (tertiary/aromatic N) is 1. The number of rotatable bonds is 6. The maximum absolute atomic E-state index is 13.2. The SMILES string of the molecule is COC(=O)c1occc1COC(=O)C1CCN(S(=O)(=O)c2c(C)cc(C)cc2C)CC1. The minimum absolute atomic E-state index is 0.0000465. The second-order valence-corrected chi connectivity index (χ2v) is 9.66. The van der Waals surface area contributed by atoms with E-state index in [1.165, 1.54) is 17.7 Å². The van der Waals surface area contributed by atoms with Gasteiger partial charge in [-0.3, -0.25) is 4.79 Å². The lowest BCUT2D eigenvalue weighted by Crippen LogP contribution is -2.41. The number of furan rings is 1. The molecule has 1 saturated heterocycles. The molecule has 8 nitrogen and oxygen atoms in total. The molecular weight excluding hydrogens is 422 g/mol. The van der Waals surface area contributed by atoms with Crippen molar-refractivity contribution in [2.24, 2.45) is 5.92 Å². The molecule has 2 aromatic rings. The van der Waals surface area contributed by atoms with Crippen LogP contribution in [0.4, 0.5) is 0 Å². The third-order valence-corrected chi connectivity index (χ3v) is 7.68. The highest BCUT2D eigenvalue weighted by molar-refractivity contribution is 7.89. The van der Waals surface area contributed by atoms with E-state index in [0.717, 1.165) is 16.7 Å². The number of hydrogen-bond acceptors (Lipinski definition) is 7. The second-order valence-electron chi connectivity index (χ2n) is 7.78. The monoisotopic (exact) mass is 449 g/mol. The maximum atomic E-state index is 13.2. The Kier molecular flexibility index (Phi) is 6.86. The van der Waals surface area contributed by atoms with E-state index in [0.29, 0.717) is 23.3 Å². The first-order valence-corrected chi connectivity index (χ1v) is 11.5. The Labute approximate surface area is 182 Å². The first kappa shape index (κ1) is 23.0. The Hall–Kier alpha value is -2.65. The second kappa shape index (κ2) is 9.23. The number of benzene rings is 1. The average Bonchev–Trinajstić information content (AvgIpc) is 3.19. The van der Waals surface area contributed by atoms with Crippen molar-refractivity contribution in [3.8, 4) is 0 Å². The molecule has 9 heteroatoms. The lowest BCUT2D eigenvalue weighted by Gasteiger charge is -2.31. The van der Waals surface area contributed by atoms with Crippen LogP contribution in [0.25, 0.3) is 0 Å². The van der Waals surface area contributed by atoms with E-state index in [9.17, 15) is 18.0 Å². The third kappa shape index (κ3) is 4.83. The van der Waals surface area contributed by atoms with Crippen molar-refractivity contribution in [2.75, 3.05) is 20.2 Å². The van der Waals surface area contributed by atoms with Gasteiger partial charge in [-0.2, -0.15) is 4.31 Å². The van der Waals surface area contributed by atoms with Gasteiger partial charge in [0, 0.05) is 18.7 Å². The summed E-state index contributed by atoms with van der Waals surface area (Å²) in [6.45, 7) is 5.91. The van der Waals surface area contributed by atoms with E-state index >= 15 is 0 Å². The van der Waals surface area contributed by atoms with E-state index in [1.54, 1.807) is 19.9 Å². The molecule has 31 heavy (non-hydrogen) atoms. The maximum Gasteiger partial charge on any atom is 0.374 e. The molecule has 1 aliphatic heterocycles. The van der Waals surface area contributed by atoms with Crippen LogP contribution in [0.1, 0.15) is 45.7 Å². The van der Waals surface area contributed by atoms with Gasteiger partial charge in [-0.15, -0.1) is 0 Å². The molecule has 1 aliphatic rings. The minimum atomic E-state index is -3.64. The first-order chi connectivity index (χ1) is 14.6. The van der Waals surface area contributed by atoms with Crippen LogP contribution in [0.2, 0.25) is 0 Å². The van der Waals surface area contributed by atoms with Crippen LogP contribution in [0.5, 0.6) is 0 Å². The van der Waals surface area contributed by atoms with Crippen LogP contribution in [0, 0.1) is 26.7 Å². The van der Waals surface area contributed by atoms with Crippen molar-refractivity contribution < 1.29 is 31.9 Å². The number of carbonyl (C=O) groups is 2. The molecule has 0 unspecified atom stereocenters. The van der Waals surface area contributed by atoms with Crippen molar-refractivity contribution in [2.45, 2.75) is 45.1 Å². The van der Waals surface area contributed by atoms with E-state index < -0.39 is 27.9 Å². The molecule has 1 aromatic heterocycles. The highest BCUT2D eigenvalue weighted by Crippen LogP contribution is 2.29. The zero-order valence-electron chi connectivity index (χ0n) is 18.1. The van der Waals surface area contributed by atoms with Crippen LogP contribution in [0.3, 0.4) is 0 Å². The van der Waals surface area contributed by atoms with Crippen LogP contribution in [-0.2, 0) is 30.9 Å². The minimum Gasteiger partial charge on any atom is -0.463 e. The summed E-state index contributed by atoms with van der Waals surface area (Å²) in [5, 5.41) is 0. The van der Waals surface area contributed by atoms with Crippen LogP contribution >= 0.6 is 0 Å². The summed E-state index contributed by atoms with van der Waals surface area (Å²) in [5.41, 5.74) is 2.88. The fourth-order valence-corrected chi connectivity index (χ4v) is 5.90. The van der Waals surface area contributed by atoms with Gasteiger partial charge in [0.15, 0.2) is 0 Å². The first-order valence-electron chi connectivity index (χ1n) is 10.0.